The van der Waals surface area contributed by atoms with Gasteiger partial charge >= 0.3 is 6.18 Å². The minimum Gasteiger partial charge on any atom is -0.488 e. The van der Waals surface area contributed by atoms with Gasteiger partial charge in [0.25, 0.3) is 0 Å². The van der Waals surface area contributed by atoms with Crippen LogP contribution < -0.4 is 9.47 Å². The van der Waals surface area contributed by atoms with Crippen molar-refractivity contribution in [1.82, 2.24) is 4.98 Å². The van der Waals surface area contributed by atoms with Crippen LogP contribution in [0, 0.1) is 0 Å². The molecule has 2 rings (SSSR count). The predicted molar refractivity (Wildman–Crippen MR) is 98.8 cm³/mol. The maximum Gasteiger partial charge on any atom is 0.417 e. The first kappa shape index (κ1) is 21.4. The molecule has 26 heavy (non-hydrogen) atoms. The largest absolute Gasteiger partial charge is 0.488 e. The number of ether oxygens (including phenoxy) is 2. The van der Waals surface area contributed by atoms with E-state index in [1.807, 2.05) is 0 Å². The fraction of sp³-hybridized carbons (Fsp3) is 0.133. The summed E-state index contributed by atoms with van der Waals surface area (Å²) in [5.41, 5.74) is -0.921. The molecule has 0 aliphatic heterocycles. The highest BCUT2D eigenvalue weighted by Crippen LogP contribution is 2.40. The van der Waals surface area contributed by atoms with Gasteiger partial charge in [0.05, 0.1) is 20.1 Å². The van der Waals surface area contributed by atoms with Crippen LogP contribution in [-0.2, 0) is 6.18 Å². The van der Waals surface area contributed by atoms with E-state index in [9.17, 15) is 13.2 Å². The SMILES string of the molecule is FC(F)(F)c1cnc(Oc2cc(Cl)c(OCC=C(Cl)Cl)cc2Cl)c(Br)c1. The van der Waals surface area contributed by atoms with Gasteiger partial charge in [-0.1, -0.05) is 46.4 Å². The number of nitrogens with zero attached hydrogens (tertiary/aromatic N) is 1. The van der Waals surface area contributed by atoms with Gasteiger partial charge in [0.15, 0.2) is 0 Å². The smallest absolute Gasteiger partial charge is 0.417 e. The van der Waals surface area contributed by atoms with E-state index in [-0.39, 0.29) is 43.0 Å². The van der Waals surface area contributed by atoms with Crippen molar-refractivity contribution in [2.75, 3.05) is 6.61 Å². The zero-order chi connectivity index (χ0) is 19.5. The molecule has 0 bridgehead atoms. The number of alkyl halides is 3. The summed E-state index contributed by atoms with van der Waals surface area (Å²) in [7, 11) is 0. The summed E-state index contributed by atoms with van der Waals surface area (Å²) in [6.07, 6.45) is -2.47. The minimum absolute atomic E-state index is 0.00160. The minimum atomic E-state index is -4.52. The zero-order valence-electron chi connectivity index (χ0n) is 12.4. The average molecular weight is 512 g/mol. The van der Waals surface area contributed by atoms with E-state index in [1.165, 1.54) is 18.2 Å². The predicted octanol–water partition coefficient (Wildman–Crippen LogP) is 7.66. The van der Waals surface area contributed by atoms with E-state index in [4.69, 9.17) is 55.9 Å². The van der Waals surface area contributed by atoms with Gasteiger partial charge < -0.3 is 9.47 Å². The lowest BCUT2D eigenvalue weighted by Crippen LogP contribution is -2.06. The van der Waals surface area contributed by atoms with Crippen LogP contribution in [0.5, 0.6) is 17.4 Å². The van der Waals surface area contributed by atoms with Gasteiger partial charge in [-0.3, -0.25) is 0 Å². The molecule has 11 heteroatoms. The molecular formula is C15H7BrCl4F3NO2. The van der Waals surface area contributed by atoms with Crippen molar-refractivity contribution in [2.45, 2.75) is 6.18 Å². The van der Waals surface area contributed by atoms with Crippen LogP contribution >= 0.6 is 62.3 Å². The zero-order valence-corrected chi connectivity index (χ0v) is 17.0. The van der Waals surface area contributed by atoms with Crippen molar-refractivity contribution in [1.29, 1.82) is 0 Å². The third kappa shape index (κ3) is 5.82. The lowest BCUT2D eigenvalue weighted by Gasteiger charge is -2.13. The molecule has 0 unspecified atom stereocenters. The number of pyridine rings is 1. The number of hydrogen-bond acceptors (Lipinski definition) is 3. The summed E-state index contributed by atoms with van der Waals surface area (Å²) >= 11 is 26.1. The molecule has 140 valence electrons. The van der Waals surface area contributed by atoms with Crippen molar-refractivity contribution in [3.63, 3.8) is 0 Å². The maximum absolute atomic E-state index is 12.7. The Balaban J connectivity index is 2.22. The fourth-order valence-corrected chi connectivity index (χ4v) is 2.61. The van der Waals surface area contributed by atoms with Crippen LogP contribution in [0.15, 0.2) is 39.4 Å². The van der Waals surface area contributed by atoms with E-state index in [0.717, 1.165) is 6.07 Å². The van der Waals surface area contributed by atoms with Gasteiger partial charge in [-0.15, -0.1) is 0 Å². The number of benzene rings is 1. The Morgan fingerprint density at radius 3 is 2.31 bits per heavy atom. The Labute approximate surface area is 174 Å². The van der Waals surface area contributed by atoms with Crippen LogP contribution in [-0.4, -0.2) is 11.6 Å². The molecule has 0 radical (unpaired) electrons. The van der Waals surface area contributed by atoms with E-state index in [2.05, 4.69) is 20.9 Å². The van der Waals surface area contributed by atoms with E-state index in [0.29, 0.717) is 6.20 Å². The Morgan fingerprint density at radius 1 is 1.12 bits per heavy atom. The van der Waals surface area contributed by atoms with E-state index in [1.54, 1.807) is 0 Å². The van der Waals surface area contributed by atoms with Gasteiger partial charge in [0.2, 0.25) is 5.88 Å². The third-order valence-electron chi connectivity index (χ3n) is 2.80. The molecule has 1 aromatic carbocycles. The Morgan fingerprint density at radius 2 is 1.73 bits per heavy atom. The van der Waals surface area contributed by atoms with Crippen molar-refractivity contribution in [2.24, 2.45) is 0 Å². The summed E-state index contributed by atoms with van der Waals surface area (Å²) in [6, 6.07) is 3.57. The van der Waals surface area contributed by atoms with Crippen molar-refractivity contribution < 1.29 is 22.6 Å². The van der Waals surface area contributed by atoms with Crippen LogP contribution in [0.4, 0.5) is 13.2 Å². The number of aromatic nitrogens is 1. The van der Waals surface area contributed by atoms with Crippen LogP contribution in [0.1, 0.15) is 5.56 Å². The normalized spacial score (nSPS) is 11.2. The van der Waals surface area contributed by atoms with Crippen LogP contribution in [0.3, 0.4) is 0 Å². The first-order valence-corrected chi connectivity index (χ1v) is 8.92. The van der Waals surface area contributed by atoms with E-state index >= 15 is 0 Å². The lowest BCUT2D eigenvalue weighted by atomic mass is 10.3. The summed E-state index contributed by atoms with van der Waals surface area (Å²) in [5.74, 6) is 0.221. The quantitative estimate of drug-likeness (QED) is 0.413. The van der Waals surface area contributed by atoms with Crippen molar-refractivity contribution in [3.05, 3.63) is 55.0 Å². The molecule has 0 N–H and O–H groups in total. The number of hydrogen-bond donors (Lipinski definition) is 0. The van der Waals surface area contributed by atoms with Gasteiger partial charge in [0, 0.05) is 18.3 Å². The van der Waals surface area contributed by atoms with E-state index < -0.39 is 11.7 Å². The molecule has 0 saturated heterocycles. The molecule has 0 amide bonds. The first-order valence-electron chi connectivity index (χ1n) is 6.61. The molecule has 0 fully saturated rings. The summed E-state index contributed by atoms with van der Waals surface area (Å²) < 4.78 is 48.8. The molecule has 0 aliphatic rings. The Hall–Kier alpha value is -0.860. The molecular weight excluding hydrogens is 505 g/mol. The first-order chi connectivity index (χ1) is 12.1. The molecule has 2 aromatic rings. The van der Waals surface area contributed by atoms with Gasteiger partial charge in [-0.2, -0.15) is 13.2 Å². The van der Waals surface area contributed by atoms with Crippen LogP contribution in [0.2, 0.25) is 10.0 Å². The summed E-state index contributed by atoms with van der Waals surface area (Å²) in [6.45, 7) is 0.0601. The Bertz CT molecular complexity index is 842. The van der Waals surface area contributed by atoms with Crippen molar-refractivity contribution in [3.8, 4) is 17.4 Å². The summed E-state index contributed by atoms with van der Waals surface area (Å²) in [5, 5.41) is 0.269. The standard InChI is InChI=1S/C15H7BrCl4F3NO2/c16-8-3-7(15(21,22)23)6-24-14(8)26-12-5-9(17)11(4-10(12)18)25-2-1-13(19)20/h1,3-6H,2H2. The second-order valence-electron chi connectivity index (χ2n) is 4.63. The molecule has 0 saturated carbocycles. The number of rotatable bonds is 5. The molecule has 0 aliphatic carbocycles. The molecule has 0 spiro atoms. The van der Waals surface area contributed by atoms with Crippen molar-refractivity contribution >= 4 is 62.3 Å². The fourth-order valence-electron chi connectivity index (χ4n) is 1.65. The average Bonchev–Trinajstić information content (AvgIpc) is 2.52. The van der Waals surface area contributed by atoms with Gasteiger partial charge in [-0.05, 0) is 28.1 Å². The maximum atomic E-state index is 12.7. The highest BCUT2D eigenvalue weighted by molar-refractivity contribution is 9.10. The lowest BCUT2D eigenvalue weighted by molar-refractivity contribution is -0.137. The molecule has 0 atom stereocenters. The van der Waals surface area contributed by atoms with Crippen LogP contribution in [0.25, 0.3) is 0 Å². The van der Waals surface area contributed by atoms with Gasteiger partial charge in [-0.25, -0.2) is 4.98 Å². The second-order valence-corrected chi connectivity index (χ2v) is 7.31. The Kier molecular flexibility index (Phi) is 7.33. The monoisotopic (exact) mass is 509 g/mol. The highest BCUT2D eigenvalue weighted by atomic mass is 79.9. The number of halogens is 8. The molecule has 3 nitrogen and oxygen atoms in total. The highest BCUT2D eigenvalue weighted by Gasteiger charge is 2.31. The third-order valence-corrected chi connectivity index (χ3v) is 4.27. The van der Waals surface area contributed by atoms with Gasteiger partial charge in [0.1, 0.15) is 22.6 Å². The molecule has 1 aromatic heterocycles. The topological polar surface area (TPSA) is 31.4 Å². The summed E-state index contributed by atoms with van der Waals surface area (Å²) in [4.78, 5) is 3.64. The molecule has 1 heterocycles. The second kappa shape index (κ2) is 8.89.